The second-order valence-corrected chi connectivity index (χ2v) is 23.2. The maximum Gasteiger partial charge on any atom is 0.324 e. The number of hydrogen-bond acceptors (Lipinski definition) is 13. The number of esters is 1. The Bertz CT molecular complexity index is 3060. The Morgan fingerprint density at radius 2 is 1.82 bits per heavy atom. The predicted octanol–water partition coefficient (Wildman–Crippen LogP) is 6.49. The van der Waals surface area contributed by atoms with Crippen molar-refractivity contribution in [3.63, 3.8) is 0 Å². The Kier molecular flexibility index (Phi) is 17.3. The summed E-state index contributed by atoms with van der Waals surface area (Å²) >= 11 is 0. The lowest BCUT2D eigenvalue weighted by atomic mass is 9.84. The SMILES string of the molecule is CCn1c(-c2cc(OCCN=[N+]=N)cnc2[C@H](C)OC)c2c3cc(ccc31)-c1cccc(c1)C[C@H](NC(=O)[C@H](C(C)C)N1CC[C@]3(CCN(C(=O)C#CC(C)(C)N(C)C)C3)C1=O)C(=O)N1CCC[C@H](N1)C(=O)OCC(C)(C)C2. The number of ether oxygens (including phenoxy) is 3. The molecule has 2 aromatic carbocycles. The van der Waals surface area contributed by atoms with Crippen LogP contribution in [0.2, 0.25) is 0 Å². The number of cyclic esters (lactones) is 1. The van der Waals surface area contributed by atoms with Crippen LogP contribution < -0.4 is 20.4 Å². The monoisotopic (exact) mass is 1070 g/mol. The van der Waals surface area contributed by atoms with Crippen LogP contribution >= 0.6 is 0 Å². The molecular weight excluding hydrogens is 991 g/mol. The van der Waals surface area contributed by atoms with Gasteiger partial charge in [-0.15, -0.1) is 0 Å². The molecule has 4 aliphatic heterocycles. The van der Waals surface area contributed by atoms with Crippen molar-refractivity contribution in [2.75, 3.05) is 67.1 Å². The number of likely N-dealkylation sites (tertiary alicyclic amines) is 2. The highest BCUT2D eigenvalue weighted by Crippen LogP contribution is 2.44. The van der Waals surface area contributed by atoms with Gasteiger partial charge in [-0.3, -0.25) is 38.9 Å². The van der Waals surface area contributed by atoms with Gasteiger partial charge in [0, 0.05) is 68.1 Å². The van der Waals surface area contributed by atoms with E-state index in [4.69, 9.17) is 24.7 Å². The van der Waals surface area contributed by atoms with Crippen LogP contribution in [0.5, 0.6) is 5.75 Å². The zero-order valence-corrected chi connectivity index (χ0v) is 47.3. The van der Waals surface area contributed by atoms with Gasteiger partial charge < -0.3 is 33.9 Å². The number of fused-ring (bicyclic) bond motifs is 6. The number of aromatic nitrogens is 2. The van der Waals surface area contributed by atoms with E-state index in [1.165, 1.54) is 5.01 Å². The minimum atomic E-state index is -1.08. The molecule has 8 rings (SSSR count). The standard InChI is InChI=1S/C59H77N11O8/c1-12-68-48-19-18-41-31-43(48)45(52(68)44-32-42(77-28-24-62-65-60)34-61-50(44)38(4)76-11)33-57(5,6)36-78-55(74)46-17-14-25-70(64-46)54(73)47(30-39-15-13-16-40(41)29-39)63-53(72)51(37(2)3)69-27-23-59(56(69)75)22-26-67(35-59)49(71)20-21-58(7,8)66(9)10/h13,15-16,18-19,29,31-32,34,37-38,46-47,51,60,64H,12,14,17,22-28,30,33,35-36H2,1-11H3/p+1/t38-,46-,47-,51-,59-/m0/s1. The molecule has 1 spiro atoms. The highest BCUT2D eigenvalue weighted by molar-refractivity contribution is 5.98. The first-order valence-corrected chi connectivity index (χ1v) is 27.4. The van der Waals surface area contributed by atoms with E-state index in [0.717, 1.165) is 50.1 Å². The average Bonchev–Trinajstić information content (AvgIpc) is 4.18. The molecule has 5 atom stereocenters. The zero-order chi connectivity index (χ0) is 56.3. The van der Waals surface area contributed by atoms with Crippen molar-refractivity contribution in [1.82, 2.24) is 44.9 Å². The van der Waals surface area contributed by atoms with Crippen molar-refractivity contribution in [2.24, 2.45) is 21.9 Å². The average molecular weight is 1070 g/mol. The Balaban J connectivity index is 1.15. The Labute approximate surface area is 458 Å². The topological polar surface area (TPSA) is 218 Å². The number of hydrazine groups is 1. The molecule has 0 saturated carbocycles. The van der Waals surface area contributed by atoms with Crippen molar-refractivity contribution in [1.29, 1.82) is 5.53 Å². The van der Waals surface area contributed by atoms with Gasteiger partial charge in [0.25, 0.3) is 11.8 Å². The lowest BCUT2D eigenvalue weighted by molar-refractivity contribution is -0.155. The maximum atomic E-state index is 15.0. The lowest BCUT2D eigenvalue weighted by Crippen LogP contribution is -2.62. The minimum absolute atomic E-state index is 0.0779. The van der Waals surface area contributed by atoms with Crippen LogP contribution in [0.25, 0.3) is 33.3 Å². The number of rotatable bonds is 13. The number of benzene rings is 2. The first kappa shape index (κ1) is 57.2. The molecule has 3 fully saturated rings. The van der Waals surface area contributed by atoms with Crippen molar-refractivity contribution in [3.05, 3.63) is 71.5 Å². The summed E-state index contributed by atoms with van der Waals surface area (Å²) in [5.74, 6) is 4.24. The van der Waals surface area contributed by atoms with E-state index in [9.17, 15) is 24.0 Å². The van der Waals surface area contributed by atoms with Crippen LogP contribution in [0.15, 0.2) is 59.8 Å². The molecule has 4 aromatic rings. The number of hydrogen-bond donors (Lipinski definition) is 3. The van der Waals surface area contributed by atoms with Gasteiger partial charge >= 0.3 is 5.97 Å². The van der Waals surface area contributed by atoms with Gasteiger partial charge in [-0.05, 0) is 126 Å². The van der Waals surface area contributed by atoms with E-state index in [2.05, 4.69) is 82.2 Å². The maximum absolute atomic E-state index is 15.0. The molecule has 4 amide bonds. The molecule has 416 valence electrons. The Hall–Kier alpha value is -6.97. The summed E-state index contributed by atoms with van der Waals surface area (Å²) < 4.78 is 20.5. The summed E-state index contributed by atoms with van der Waals surface area (Å²) in [6.07, 6.45) is 3.83. The van der Waals surface area contributed by atoms with E-state index in [1.54, 1.807) is 23.1 Å². The number of amides is 4. The van der Waals surface area contributed by atoms with Gasteiger partial charge in [0.15, 0.2) is 6.54 Å². The molecule has 2 aromatic heterocycles. The second-order valence-electron chi connectivity index (χ2n) is 23.2. The minimum Gasteiger partial charge on any atom is -0.490 e. The van der Waals surface area contributed by atoms with Crippen LogP contribution in [-0.2, 0) is 52.8 Å². The highest BCUT2D eigenvalue weighted by atomic mass is 16.5. The van der Waals surface area contributed by atoms with E-state index >= 15 is 0 Å². The molecule has 0 unspecified atom stereocenters. The molecule has 6 bridgehead atoms. The van der Waals surface area contributed by atoms with E-state index in [1.807, 2.05) is 77.9 Å². The normalized spacial score (nSPS) is 21.5. The molecule has 19 heteroatoms. The van der Waals surface area contributed by atoms with Crippen molar-refractivity contribution in [3.8, 4) is 40.0 Å². The number of carbonyl (C=O) groups is 5. The number of nitrogens with one attached hydrogen (secondary N) is 3. The number of nitrogens with zero attached hydrogens (tertiary/aromatic N) is 8. The van der Waals surface area contributed by atoms with Crippen molar-refractivity contribution >= 4 is 40.5 Å². The summed E-state index contributed by atoms with van der Waals surface area (Å²) in [6.45, 7) is 18.3. The van der Waals surface area contributed by atoms with E-state index in [-0.39, 0.29) is 56.6 Å². The number of carbonyl (C=O) groups excluding carboxylic acids is 5. The molecule has 0 aliphatic carbocycles. The fourth-order valence-electron chi connectivity index (χ4n) is 11.3. The van der Waals surface area contributed by atoms with Crippen LogP contribution in [0, 0.1) is 34.1 Å². The Morgan fingerprint density at radius 3 is 2.54 bits per heavy atom. The summed E-state index contributed by atoms with van der Waals surface area (Å²) in [5.41, 5.74) is 15.5. The third-order valence-corrected chi connectivity index (χ3v) is 16.2. The fourth-order valence-corrected chi connectivity index (χ4v) is 11.3. The first-order chi connectivity index (χ1) is 37.1. The van der Waals surface area contributed by atoms with E-state index < -0.39 is 52.3 Å². The van der Waals surface area contributed by atoms with Gasteiger partial charge in [0.2, 0.25) is 16.7 Å². The van der Waals surface area contributed by atoms with Crippen LogP contribution in [0.3, 0.4) is 0 Å². The summed E-state index contributed by atoms with van der Waals surface area (Å²) in [5, 5.41) is 9.32. The molecule has 78 heavy (non-hydrogen) atoms. The predicted molar refractivity (Wildman–Crippen MR) is 295 cm³/mol. The van der Waals surface area contributed by atoms with Crippen LogP contribution in [0.1, 0.15) is 104 Å². The molecule has 4 aliphatic rings. The van der Waals surface area contributed by atoms with Crippen LogP contribution in [-0.4, -0.2) is 150 Å². The van der Waals surface area contributed by atoms with Gasteiger partial charge in [-0.2, -0.15) is 0 Å². The van der Waals surface area contributed by atoms with Crippen molar-refractivity contribution in [2.45, 2.75) is 130 Å². The molecule has 3 saturated heterocycles. The largest absolute Gasteiger partial charge is 0.490 e. The van der Waals surface area contributed by atoms with Gasteiger partial charge in [-0.25, -0.2) is 5.43 Å². The second kappa shape index (κ2) is 23.6. The quantitative estimate of drug-likeness (QED) is 0.0432. The van der Waals surface area contributed by atoms with E-state index in [0.29, 0.717) is 64.0 Å². The smallest absolute Gasteiger partial charge is 0.324 e. The lowest BCUT2D eigenvalue weighted by Gasteiger charge is -2.37. The molecule has 6 heterocycles. The van der Waals surface area contributed by atoms with Gasteiger partial charge in [0.05, 0.1) is 41.2 Å². The Morgan fingerprint density at radius 1 is 1.06 bits per heavy atom. The summed E-state index contributed by atoms with van der Waals surface area (Å²) in [6, 6.07) is 13.6. The fraction of sp³-hybridized carbons (Fsp3) is 0.559. The molecule has 0 radical (unpaired) electrons. The molecule has 19 nitrogen and oxygen atoms in total. The van der Waals surface area contributed by atoms with Gasteiger partial charge in [-0.1, -0.05) is 63.9 Å². The number of pyridine rings is 1. The number of methoxy groups -OCH3 is 1. The van der Waals surface area contributed by atoms with Crippen molar-refractivity contribution < 1.29 is 38.2 Å². The first-order valence-electron chi connectivity index (χ1n) is 27.4. The third-order valence-electron chi connectivity index (χ3n) is 16.2. The number of aryl methyl sites for hydroxylation is 1. The zero-order valence-electron chi connectivity index (χ0n) is 47.3. The highest BCUT2D eigenvalue weighted by Gasteiger charge is 2.54. The summed E-state index contributed by atoms with van der Waals surface area (Å²) in [4.78, 5) is 85.3. The third kappa shape index (κ3) is 12.0. The summed E-state index contributed by atoms with van der Waals surface area (Å²) in [7, 11) is 5.47. The molecular formula is C59H78N11O8+. The van der Waals surface area contributed by atoms with Crippen LogP contribution in [0.4, 0.5) is 0 Å². The van der Waals surface area contributed by atoms with Gasteiger partial charge in [0.1, 0.15) is 41.1 Å². The molecule has 3 N–H and O–H groups in total.